The van der Waals surface area contributed by atoms with Crippen molar-refractivity contribution in [1.82, 2.24) is 4.90 Å². The number of alkyl halides is 3. The van der Waals surface area contributed by atoms with Gasteiger partial charge in [0.25, 0.3) is 0 Å². The average Bonchev–Trinajstić information content (AvgIpc) is 2.85. The molecule has 1 saturated heterocycles. The van der Waals surface area contributed by atoms with Gasteiger partial charge in [0.1, 0.15) is 0 Å². The van der Waals surface area contributed by atoms with Crippen LogP contribution >= 0.6 is 0 Å². The Kier molecular flexibility index (Phi) is 3.87. The molecule has 2 aliphatic rings. The van der Waals surface area contributed by atoms with Gasteiger partial charge in [-0.05, 0) is 42.5 Å². The summed E-state index contributed by atoms with van der Waals surface area (Å²) in [6.45, 7) is 0.387. The van der Waals surface area contributed by atoms with Crippen LogP contribution in [0, 0.1) is 11.3 Å². The molecule has 6 heteroatoms. The second-order valence-electron chi connectivity index (χ2n) is 5.91. The molecule has 0 bridgehead atoms. The maximum Gasteiger partial charge on any atom is 0.428 e. The Labute approximate surface area is 127 Å². The Hall–Kier alpha value is -1.58. The topological polar surface area (TPSA) is 36.3 Å². The first-order chi connectivity index (χ1) is 10.5. The largest absolute Gasteiger partial charge is 0.428 e. The molecule has 118 valence electrons. The van der Waals surface area contributed by atoms with Crippen LogP contribution < -0.4 is 0 Å². The van der Waals surface area contributed by atoms with E-state index in [9.17, 15) is 13.2 Å². The van der Waals surface area contributed by atoms with E-state index in [1.165, 1.54) is 4.90 Å². The molecule has 0 spiro atoms. The second kappa shape index (κ2) is 5.56. The minimum Gasteiger partial charge on any atom is -0.357 e. The van der Waals surface area contributed by atoms with Gasteiger partial charge in [-0.15, -0.1) is 0 Å². The molecule has 1 aromatic rings. The van der Waals surface area contributed by atoms with Crippen molar-refractivity contribution < 1.29 is 17.9 Å². The van der Waals surface area contributed by atoms with Crippen LogP contribution in [0.5, 0.6) is 0 Å². The van der Waals surface area contributed by atoms with Crippen LogP contribution in [-0.4, -0.2) is 37.0 Å². The number of hydrogen-bond acceptors (Lipinski definition) is 3. The molecular formula is C16H17F3N2O. The van der Waals surface area contributed by atoms with E-state index in [1.807, 2.05) is 12.1 Å². The number of halogens is 3. The molecule has 1 unspecified atom stereocenters. The first-order valence-corrected chi connectivity index (χ1v) is 7.34. The molecule has 1 aromatic carbocycles. The van der Waals surface area contributed by atoms with Gasteiger partial charge in [-0.3, -0.25) is 4.90 Å². The highest BCUT2D eigenvalue weighted by molar-refractivity contribution is 5.44. The van der Waals surface area contributed by atoms with Gasteiger partial charge in [0.2, 0.25) is 6.23 Å². The molecule has 1 aliphatic heterocycles. The predicted molar refractivity (Wildman–Crippen MR) is 74.2 cm³/mol. The van der Waals surface area contributed by atoms with Gasteiger partial charge in [-0.1, -0.05) is 6.07 Å². The summed E-state index contributed by atoms with van der Waals surface area (Å²) in [5.74, 6) is 0.0528. The summed E-state index contributed by atoms with van der Waals surface area (Å²) in [6.07, 6.45) is -4.11. The lowest BCUT2D eigenvalue weighted by atomic mass is 9.88. The van der Waals surface area contributed by atoms with Crippen molar-refractivity contribution in [2.24, 2.45) is 0 Å². The number of benzene rings is 1. The second-order valence-corrected chi connectivity index (χ2v) is 5.91. The number of ether oxygens (including phenoxy) is 1. The van der Waals surface area contributed by atoms with Gasteiger partial charge in [0.15, 0.2) is 0 Å². The monoisotopic (exact) mass is 310 g/mol. The third kappa shape index (κ3) is 2.49. The van der Waals surface area contributed by atoms with Crippen LogP contribution in [0.25, 0.3) is 0 Å². The van der Waals surface area contributed by atoms with E-state index in [2.05, 4.69) is 6.07 Å². The Bertz CT molecular complexity index is 608. The predicted octanol–water partition coefficient (Wildman–Crippen LogP) is 3.20. The lowest BCUT2D eigenvalue weighted by Gasteiger charge is -2.42. The van der Waals surface area contributed by atoms with E-state index in [1.54, 1.807) is 6.07 Å². The summed E-state index contributed by atoms with van der Waals surface area (Å²) in [6, 6.07) is 7.34. The summed E-state index contributed by atoms with van der Waals surface area (Å²) < 4.78 is 44.4. The van der Waals surface area contributed by atoms with Crippen LogP contribution in [0.2, 0.25) is 0 Å². The molecule has 3 nitrogen and oxygen atoms in total. The van der Waals surface area contributed by atoms with Crippen LogP contribution in [0.1, 0.15) is 35.4 Å². The first-order valence-electron chi connectivity index (χ1n) is 7.34. The number of rotatable bonds is 2. The number of methoxy groups -OCH3 is 1. The van der Waals surface area contributed by atoms with Crippen molar-refractivity contribution in [3.63, 3.8) is 0 Å². The van der Waals surface area contributed by atoms with E-state index in [0.717, 1.165) is 24.7 Å². The molecule has 22 heavy (non-hydrogen) atoms. The fourth-order valence-corrected chi connectivity index (χ4v) is 3.87. The zero-order valence-corrected chi connectivity index (χ0v) is 12.2. The molecule has 0 radical (unpaired) electrons. The number of piperidine rings is 1. The highest BCUT2D eigenvalue weighted by Crippen LogP contribution is 2.44. The van der Waals surface area contributed by atoms with E-state index in [4.69, 9.17) is 10.00 Å². The highest BCUT2D eigenvalue weighted by atomic mass is 19.4. The van der Waals surface area contributed by atoms with Gasteiger partial charge >= 0.3 is 6.18 Å². The van der Waals surface area contributed by atoms with Gasteiger partial charge in [-0.2, -0.15) is 18.4 Å². The molecule has 3 atom stereocenters. The Morgan fingerprint density at radius 3 is 2.82 bits per heavy atom. The quantitative estimate of drug-likeness (QED) is 0.841. The maximum atomic E-state index is 13.2. The van der Waals surface area contributed by atoms with Crippen LogP contribution in [0.15, 0.2) is 18.2 Å². The molecule has 0 amide bonds. The zero-order chi connectivity index (χ0) is 15.9. The van der Waals surface area contributed by atoms with Crippen molar-refractivity contribution >= 4 is 0 Å². The minimum absolute atomic E-state index is 0.0528. The van der Waals surface area contributed by atoms with Crippen LogP contribution in [0.4, 0.5) is 13.2 Å². The van der Waals surface area contributed by atoms with Crippen molar-refractivity contribution in [3.8, 4) is 6.07 Å². The number of hydrogen-bond donors (Lipinski definition) is 0. The molecule has 0 saturated carbocycles. The number of nitriles is 1. The Morgan fingerprint density at radius 1 is 1.41 bits per heavy atom. The lowest BCUT2D eigenvalue weighted by Crippen LogP contribution is -2.55. The molecule has 1 aliphatic carbocycles. The number of fused-ring (bicyclic) bond motifs is 3. The van der Waals surface area contributed by atoms with Crippen LogP contribution in [0.3, 0.4) is 0 Å². The van der Waals surface area contributed by atoms with Crippen molar-refractivity contribution in [2.75, 3.05) is 13.7 Å². The normalized spacial score (nSPS) is 26.1. The molecular weight excluding hydrogens is 293 g/mol. The SMILES string of the molecule is COC(N1CCC[C@@H]2c3cc(C#N)ccc3C[C@@H]21)C(F)(F)F. The van der Waals surface area contributed by atoms with E-state index < -0.39 is 12.4 Å². The smallest absolute Gasteiger partial charge is 0.357 e. The van der Waals surface area contributed by atoms with Gasteiger partial charge < -0.3 is 4.74 Å². The summed E-state index contributed by atoms with van der Waals surface area (Å²) in [7, 11) is 1.11. The summed E-state index contributed by atoms with van der Waals surface area (Å²) >= 11 is 0. The molecule has 0 aromatic heterocycles. The third-order valence-electron chi connectivity index (χ3n) is 4.73. The average molecular weight is 310 g/mol. The fraction of sp³-hybridized carbons (Fsp3) is 0.562. The first kappa shape index (κ1) is 15.3. The molecule has 1 heterocycles. The highest BCUT2D eigenvalue weighted by Gasteiger charge is 2.50. The van der Waals surface area contributed by atoms with Gasteiger partial charge in [-0.25, -0.2) is 0 Å². The molecule has 0 N–H and O–H groups in total. The van der Waals surface area contributed by atoms with Crippen molar-refractivity contribution in [2.45, 2.75) is 43.6 Å². The fourth-order valence-electron chi connectivity index (χ4n) is 3.87. The minimum atomic E-state index is -4.40. The maximum absolute atomic E-state index is 13.2. The summed E-state index contributed by atoms with van der Waals surface area (Å²) in [5.41, 5.74) is 2.65. The standard InChI is InChI=1S/C16H17F3N2O/c1-22-15(16(17,18)19)21-6-2-3-12-13-7-10(9-20)4-5-11(13)8-14(12)21/h4-5,7,12,14-15H,2-3,6,8H2,1H3/t12-,14+,15?/m1/s1. The van der Waals surface area contributed by atoms with E-state index in [0.29, 0.717) is 24.9 Å². The van der Waals surface area contributed by atoms with Gasteiger partial charge in [0, 0.05) is 25.6 Å². The number of likely N-dealkylation sites (tertiary alicyclic amines) is 1. The molecule has 3 rings (SSSR count). The zero-order valence-electron chi connectivity index (χ0n) is 12.2. The lowest BCUT2D eigenvalue weighted by molar-refractivity contribution is -0.268. The molecule has 1 fully saturated rings. The Morgan fingerprint density at radius 2 is 2.18 bits per heavy atom. The number of nitrogens with zero attached hydrogens (tertiary/aromatic N) is 2. The van der Waals surface area contributed by atoms with Crippen LogP contribution in [-0.2, 0) is 11.2 Å². The summed E-state index contributed by atoms with van der Waals surface area (Å²) in [5, 5.41) is 9.02. The Balaban J connectivity index is 1.92. The van der Waals surface area contributed by atoms with Crippen molar-refractivity contribution in [3.05, 3.63) is 34.9 Å². The van der Waals surface area contributed by atoms with E-state index in [-0.39, 0.29) is 12.0 Å². The third-order valence-corrected chi connectivity index (χ3v) is 4.73. The van der Waals surface area contributed by atoms with Crippen molar-refractivity contribution in [1.29, 1.82) is 5.26 Å². The summed E-state index contributed by atoms with van der Waals surface area (Å²) in [4.78, 5) is 1.44. The van der Waals surface area contributed by atoms with Gasteiger partial charge in [0.05, 0.1) is 11.6 Å². The van der Waals surface area contributed by atoms with E-state index >= 15 is 0 Å².